The van der Waals surface area contributed by atoms with Crippen molar-refractivity contribution in [1.29, 1.82) is 0 Å². The van der Waals surface area contributed by atoms with Gasteiger partial charge in [0.25, 0.3) is 11.8 Å². The second-order valence-electron chi connectivity index (χ2n) is 5.68. The number of primary amides is 1. The molecule has 0 atom stereocenters. The van der Waals surface area contributed by atoms with Crippen LogP contribution in [0.2, 0.25) is 0 Å². The first kappa shape index (κ1) is 21.0. The van der Waals surface area contributed by atoms with E-state index >= 15 is 0 Å². The molecule has 0 unspecified atom stereocenters. The first-order valence-electron chi connectivity index (χ1n) is 7.91. The van der Waals surface area contributed by atoms with Gasteiger partial charge in [0.1, 0.15) is 17.2 Å². The van der Waals surface area contributed by atoms with Gasteiger partial charge in [-0.05, 0) is 24.6 Å². The lowest BCUT2D eigenvalue weighted by Gasteiger charge is -2.12. The third-order valence-corrected chi connectivity index (χ3v) is 4.97. The summed E-state index contributed by atoms with van der Waals surface area (Å²) in [5.41, 5.74) is 8.71. The summed E-state index contributed by atoms with van der Waals surface area (Å²) in [7, 11) is -3.86. The number of nitrogen functional groups attached to an aromatic ring is 1. The maximum atomic E-state index is 14.6. The summed E-state index contributed by atoms with van der Waals surface area (Å²) in [6.45, 7) is 1.61. The minimum Gasteiger partial charge on any atom is -0.383 e. The molecule has 12 heteroatoms. The Kier molecular flexibility index (Phi) is 6.13. The molecule has 0 aliphatic carbocycles. The summed E-state index contributed by atoms with van der Waals surface area (Å²) in [6.07, 6.45) is 1.33. The van der Waals surface area contributed by atoms with Crippen LogP contribution in [-0.2, 0) is 10.0 Å². The lowest BCUT2D eigenvalue weighted by Crippen LogP contribution is -2.21. The maximum Gasteiger partial charge on any atom is 0.261 e. The first-order chi connectivity index (χ1) is 13.1. The van der Waals surface area contributed by atoms with Gasteiger partial charge < -0.3 is 16.8 Å². The summed E-state index contributed by atoms with van der Waals surface area (Å²) < 4.78 is 54.2. The summed E-state index contributed by atoms with van der Waals surface area (Å²) in [6, 6.07) is 2.70. The van der Waals surface area contributed by atoms with Crippen LogP contribution in [0.3, 0.4) is 0 Å². The van der Waals surface area contributed by atoms with E-state index in [9.17, 15) is 26.8 Å². The zero-order valence-corrected chi connectivity index (χ0v) is 15.4. The summed E-state index contributed by atoms with van der Waals surface area (Å²) >= 11 is 0. The molecule has 0 radical (unpaired) electrons. The van der Waals surface area contributed by atoms with Gasteiger partial charge in [-0.3, -0.25) is 14.3 Å². The van der Waals surface area contributed by atoms with Crippen LogP contribution >= 0.6 is 0 Å². The van der Waals surface area contributed by atoms with E-state index in [1.807, 2.05) is 4.72 Å². The van der Waals surface area contributed by atoms with Gasteiger partial charge in [0, 0.05) is 0 Å². The van der Waals surface area contributed by atoms with Gasteiger partial charge in [0.05, 0.1) is 28.9 Å². The van der Waals surface area contributed by atoms with Gasteiger partial charge in [-0.1, -0.05) is 6.92 Å². The smallest absolute Gasteiger partial charge is 0.261 e. The van der Waals surface area contributed by atoms with Crippen molar-refractivity contribution in [3.8, 4) is 0 Å². The van der Waals surface area contributed by atoms with Crippen molar-refractivity contribution in [2.45, 2.75) is 13.3 Å². The first-order valence-corrected chi connectivity index (χ1v) is 9.56. The molecule has 0 saturated carbocycles. The van der Waals surface area contributed by atoms with Crippen molar-refractivity contribution in [3.05, 3.63) is 47.2 Å². The number of amides is 2. The molecule has 0 aliphatic heterocycles. The third kappa shape index (κ3) is 4.71. The number of hydrogen-bond donors (Lipinski definition) is 4. The number of anilines is 3. The van der Waals surface area contributed by atoms with Crippen molar-refractivity contribution >= 4 is 39.0 Å². The van der Waals surface area contributed by atoms with Crippen LogP contribution in [0.5, 0.6) is 0 Å². The molecular formula is C16H17F2N5O4S. The van der Waals surface area contributed by atoms with Crippen molar-refractivity contribution < 1.29 is 26.8 Å². The Morgan fingerprint density at radius 2 is 1.93 bits per heavy atom. The molecule has 1 aromatic heterocycles. The Bertz CT molecular complexity index is 1040. The van der Waals surface area contributed by atoms with Crippen LogP contribution in [0.1, 0.15) is 34.1 Å². The SMILES string of the molecule is CCCS(=O)(=O)Nc1ccc(F)c(C(=O)Nc2cnc(N)c(C(N)=O)c2)c1F. The molecule has 1 aromatic carbocycles. The summed E-state index contributed by atoms with van der Waals surface area (Å²) in [4.78, 5) is 27.3. The fourth-order valence-electron chi connectivity index (χ4n) is 2.26. The number of aromatic nitrogens is 1. The van der Waals surface area contributed by atoms with Crippen LogP contribution in [0.15, 0.2) is 24.4 Å². The third-order valence-electron chi connectivity index (χ3n) is 3.50. The number of sulfonamides is 1. The largest absolute Gasteiger partial charge is 0.383 e. The van der Waals surface area contributed by atoms with E-state index in [2.05, 4.69) is 10.3 Å². The quantitative estimate of drug-likeness (QED) is 0.538. The topological polar surface area (TPSA) is 157 Å². The van der Waals surface area contributed by atoms with E-state index in [1.54, 1.807) is 6.92 Å². The molecule has 0 saturated heterocycles. The minimum absolute atomic E-state index is 0.0937. The average Bonchev–Trinajstić information content (AvgIpc) is 2.59. The van der Waals surface area contributed by atoms with Gasteiger partial charge in [0.2, 0.25) is 10.0 Å². The standard InChI is InChI=1S/C16H17F2N5O4S/c1-2-5-28(26,27)23-11-4-3-10(17)12(13(11)18)16(25)22-8-6-9(15(20)24)14(19)21-7-8/h3-4,6-7,23H,2,5H2,1H3,(H2,19,21)(H2,20,24)(H,22,25). The second-order valence-corrected chi connectivity index (χ2v) is 7.52. The van der Waals surface area contributed by atoms with Crippen molar-refractivity contribution in [2.75, 3.05) is 21.5 Å². The summed E-state index contributed by atoms with van der Waals surface area (Å²) in [5, 5.41) is 2.16. The van der Waals surface area contributed by atoms with E-state index in [1.165, 1.54) is 0 Å². The number of nitrogens with zero attached hydrogens (tertiary/aromatic N) is 1. The molecule has 6 N–H and O–H groups in total. The van der Waals surface area contributed by atoms with Gasteiger partial charge in [0.15, 0.2) is 5.82 Å². The van der Waals surface area contributed by atoms with Crippen molar-refractivity contribution in [2.24, 2.45) is 5.73 Å². The highest BCUT2D eigenvalue weighted by Gasteiger charge is 2.23. The maximum absolute atomic E-state index is 14.6. The highest BCUT2D eigenvalue weighted by atomic mass is 32.2. The fourth-order valence-corrected chi connectivity index (χ4v) is 3.39. The van der Waals surface area contributed by atoms with Crippen LogP contribution in [-0.4, -0.2) is 31.0 Å². The monoisotopic (exact) mass is 413 g/mol. The zero-order chi connectivity index (χ0) is 21.1. The second kappa shape index (κ2) is 8.17. The normalized spacial score (nSPS) is 11.1. The van der Waals surface area contributed by atoms with Crippen LogP contribution in [0.4, 0.5) is 26.0 Å². The number of halogens is 2. The van der Waals surface area contributed by atoms with E-state index in [-0.39, 0.29) is 29.2 Å². The molecule has 150 valence electrons. The van der Waals surface area contributed by atoms with Gasteiger partial charge >= 0.3 is 0 Å². The predicted molar refractivity (Wildman–Crippen MR) is 99.2 cm³/mol. The Labute approximate surface area is 159 Å². The van der Waals surface area contributed by atoms with Gasteiger partial charge in [-0.15, -0.1) is 0 Å². The molecule has 2 amide bonds. The number of nitrogens with two attached hydrogens (primary N) is 2. The van der Waals surface area contributed by atoms with E-state index < -0.39 is 44.7 Å². The lowest BCUT2D eigenvalue weighted by molar-refractivity contribution is 0.0995. The zero-order valence-electron chi connectivity index (χ0n) is 14.6. The van der Waals surface area contributed by atoms with E-state index in [0.29, 0.717) is 0 Å². The Morgan fingerprint density at radius 1 is 1.25 bits per heavy atom. The molecule has 0 aliphatic rings. The number of nitrogens with one attached hydrogen (secondary N) is 2. The minimum atomic E-state index is -3.86. The number of hydrogen-bond acceptors (Lipinski definition) is 6. The van der Waals surface area contributed by atoms with E-state index in [4.69, 9.17) is 11.5 Å². The molecule has 2 rings (SSSR count). The highest BCUT2D eigenvalue weighted by molar-refractivity contribution is 7.92. The lowest BCUT2D eigenvalue weighted by atomic mass is 10.1. The molecule has 2 aromatic rings. The van der Waals surface area contributed by atoms with Crippen LogP contribution in [0, 0.1) is 11.6 Å². The molecule has 1 heterocycles. The molecule has 0 fully saturated rings. The molecule has 9 nitrogen and oxygen atoms in total. The number of carbonyl (C=O) groups excluding carboxylic acids is 2. The number of benzene rings is 1. The Balaban J connectivity index is 2.37. The average molecular weight is 413 g/mol. The summed E-state index contributed by atoms with van der Waals surface area (Å²) in [5.74, 6) is -5.21. The van der Waals surface area contributed by atoms with Gasteiger partial charge in [-0.25, -0.2) is 22.2 Å². The number of pyridine rings is 1. The number of rotatable bonds is 7. The van der Waals surface area contributed by atoms with Gasteiger partial charge in [-0.2, -0.15) is 0 Å². The molecule has 0 spiro atoms. The van der Waals surface area contributed by atoms with Crippen LogP contribution < -0.4 is 21.5 Å². The molecule has 0 bridgehead atoms. The van der Waals surface area contributed by atoms with Crippen molar-refractivity contribution in [1.82, 2.24) is 4.98 Å². The molecular weight excluding hydrogens is 396 g/mol. The fraction of sp³-hybridized carbons (Fsp3) is 0.188. The van der Waals surface area contributed by atoms with Crippen LogP contribution in [0.25, 0.3) is 0 Å². The Hall–Kier alpha value is -3.28. The Morgan fingerprint density at radius 3 is 2.54 bits per heavy atom. The predicted octanol–water partition coefficient (Wildman–Crippen LogP) is 1.44. The van der Waals surface area contributed by atoms with Crippen molar-refractivity contribution in [3.63, 3.8) is 0 Å². The molecule has 28 heavy (non-hydrogen) atoms. The number of carbonyl (C=O) groups is 2. The van der Waals surface area contributed by atoms with E-state index in [0.717, 1.165) is 24.4 Å². The highest BCUT2D eigenvalue weighted by Crippen LogP contribution is 2.24.